The van der Waals surface area contributed by atoms with Crippen LogP contribution in [0.5, 0.6) is 0 Å². The number of aliphatic hydroxyl groups excluding tert-OH is 1. The molecule has 1 aliphatic rings. The maximum Gasteiger partial charge on any atom is 0.0843 e. The molecular formula is C16H26OSi. The molecule has 4 atom stereocenters. The molecule has 0 saturated heterocycles. The highest BCUT2D eigenvalue weighted by atomic mass is 28.3. The molecule has 0 unspecified atom stereocenters. The zero-order valence-corrected chi connectivity index (χ0v) is 13.1. The van der Waals surface area contributed by atoms with E-state index in [0.717, 1.165) is 11.8 Å². The summed E-state index contributed by atoms with van der Waals surface area (Å²) in [4.78, 5) is 0. The Kier molecular flexibility index (Phi) is 3.98. The van der Waals surface area contributed by atoms with Gasteiger partial charge in [0.2, 0.25) is 0 Å². The van der Waals surface area contributed by atoms with E-state index in [4.69, 9.17) is 0 Å². The van der Waals surface area contributed by atoms with Crippen molar-refractivity contribution >= 4 is 13.3 Å². The Labute approximate surface area is 112 Å². The van der Waals surface area contributed by atoms with Crippen LogP contribution in [0.15, 0.2) is 30.3 Å². The zero-order chi connectivity index (χ0) is 13.3. The molecule has 1 saturated carbocycles. The molecule has 1 aliphatic carbocycles. The number of hydrogen-bond acceptors (Lipinski definition) is 1. The van der Waals surface area contributed by atoms with Crippen LogP contribution >= 0.6 is 0 Å². The Hall–Kier alpha value is -0.603. The molecule has 0 aromatic heterocycles. The van der Waals surface area contributed by atoms with E-state index in [-0.39, 0.29) is 0 Å². The fourth-order valence-electron chi connectivity index (χ4n) is 3.69. The number of aliphatic hydroxyl groups is 1. The summed E-state index contributed by atoms with van der Waals surface area (Å²) in [7, 11) is -1.50. The van der Waals surface area contributed by atoms with Crippen molar-refractivity contribution in [3.8, 4) is 0 Å². The molecule has 1 fully saturated rings. The van der Waals surface area contributed by atoms with Crippen molar-refractivity contribution in [2.24, 2.45) is 17.8 Å². The summed E-state index contributed by atoms with van der Waals surface area (Å²) < 4.78 is 0. The Balaban J connectivity index is 2.29. The number of rotatable bonds is 5. The van der Waals surface area contributed by atoms with Gasteiger partial charge in [0.25, 0.3) is 0 Å². The molecule has 1 N–H and O–H groups in total. The predicted molar refractivity (Wildman–Crippen MR) is 80.8 cm³/mol. The lowest BCUT2D eigenvalue weighted by molar-refractivity contribution is 0.222. The van der Waals surface area contributed by atoms with Crippen molar-refractivity contribution in [1.82, 2.24) is 0 Å². The van der Waals surface area contributed by atoms with Crippen LogP contribution in [0.2, 0.25) is 18.6 Å². The Morgan fingerprint density at radius 1 is 1.28 bits per heavy atom. The normalized spacial score (nSPS) is 26.7. The van der Waals surface area contributed by atoms with Crippen LogP contribution in [0.3, 0.4) is 0 Å². The first-order valence-electron chi connectivity index (χ1n) is 7.15. The van der Waals surface area contributed by atoms with Gasteiger partial charge in [-0.25, -0.2) is 0 Å². The summed E-state index contributed by atoms with van der Waals surface area (Å²) >= 11 is 0. The first kappa shape index (κ1) is 13.8. The van der Waals surface area contributed by atoms with Crippen molar-refractivity contribution < 1.29 is 5.11 Å². The quantitative estimate of drug-likeness (QED) is 0.808. The zero-order valence-electron chi connectivity index (χ0n) is 12.1. The maximum absolute atomic E-state index is 9.60. The van der Waals surface area contributed by atoms with Gasteiger partial charge in [0.15, 0.2) is 0 Å². The second-order valence-electron chi connectivity index (χ2n) is 6.65. The molecule has 2 heteroatoms. The Morgan fingerprint density at radius 3 is 2.28 bits per heavy atom. The minimum Gasteiger partial charge on any atom is -0.396 e. The first-order valence-corrected chi connectivity index (χ1v) is 10.2. The van der Waals surface area contributed by atoms with Gasteiger partial charge in [0.05, 0.1) is 8.07 Å². The minimum absolute atomic E-state index is 0.331. The lowest BCUT2D eigenvalue weighted by atomic mass is 10.0. The van der Waals surface area contributed by atoms with E-state index in [1.807, 2.05) is 0 Å². The van der Waals surface area contributed by atoms with Crippen molar-refractivity contribution in [2.45, 2.75) is 38.9 Å². The molecule has 0 aliphatic heterocycles. The van der Waals surface area contributed by atoms with Gasteiger partial charge in [-0.3, -0.25) is 0 Å². The molecule has 100 valence electrons. The molecular weight excluding hydrogens is 236 g/mol. The second kappa shape index (κ2) is 5.18. The van der Waals surface area contributed by atoms with E-state index in [9.17, 15) is 5.11 Å². The summed E-state index contributed by atoms with van der Waals surface area (Å²) in [5.41, 5.74) is 0.708. The van der Waals surface area contributed by atoms with Gasteiger partial charge < -0.3 is 5.11 Å². The van der Waals surface area contributed by atoms with E-state index >= 15 is 0 Å². The first-order chi connectivity index (χ1) is 8.48. The molecule has 0 radical (unpaired) electrons. The fraction of sp³-hybridized carbons (Fsp3) is 0.625. The number of benzene rings is 1. The largest absolute Gasteiger partial charge is 0.396 e. The molecule has 0 bridgehead atoms. The molecule has 1 aromatic rings. The molecule has 1 aromatic carbocycles. The third kappa shape index (κ3) is 2.55. The van der Waals surface area contributed by atoms with Crippen LogP contribution in [0.4, 0.5) is 0 Å². The van der Waals surface area contributed by atoms with Gasteiger partial charge in [-0.05, 0) is 29.7 Å². The maximum atomic E-state index is 9.60. The average molecular weight is 262 g/mol. The van der Waals surface area contributed by atoms with E-state index in [2.05, 4.69) is 57.3 Å². The van der Waals surface area contributed by atoms with Crippen molar-refractivity contribution in [3.63, 3.8) is 0 Å². The average Bonchev–Trinajstić information content (AvgIpc) is 3.06. The van der Waals surface area contributed by atoms with Crippen molar-refractivity contribution in [1.29, 1.82) is 0 Å². The number of hydrogen-bond donors (Lipinski definition) is 1. The molecule has 0 spiro atoms. The van der Waals surface area contributed by atoms with Crippen LogP contribution in [0.1, 0.15) is 20.3 Å². The van der Waals surface area contributed by atoms with Gasteiger partial charge in [-0.2, -0.15) is 0 Å². The van der Waals surface area contributed by atoms with E-state index in [0.29, 0.717) is 18.1 Å². The topological polar surface area (TPSA) is 20.2 Å². The van der Waals surface area contributed by atoms with Gasteiger partial charge >= 0.3 is 0 Å². The third-order valence-corrected chi connectivity index (χ3v) is 9.37. The van der Waals surface area contributed by atoms with Crippen LogP contribution in [-0.2, 0) is 0 Å². The summed E-state index contributed by atoms with van der Waals surface area (Å²) in [5, 5.41) is 11.1. The minimum atomic E-state index is -1.50. The summed E-state index contributed by atoms with van der Waals surface area (Å²) in [6, 6.07) is 11.0. The molecule has 2 rings (SSSR count). The molecule has 18 heavy (non-hydrogen) atoms. The van der Waals surface area contributed by atoms with Crippen LogP contribution in [0, 0.1) is 17.8 Å². The Bertz CT molecular complexity index is 383. The molecule has 0 amide bonds. The fourth-order valence-corrected chi connectivity index (χ4v) is 8.19. The van der Waals surface area contributed by atoms with Gasteiger partial charge in [0, 0.05) is 6.61 Å². The highest BCUT2D eigenvalue weighted by Gasteiger charge is 2.49. The van der Waals surface area contributed by atoms with Crippen LogP contribution in [-0.4, -0.2) is 19.8 Å². The SMILES string of the molecule is C[C@@H]1C[C@H]1[C@H]([C@@H](C)CO)[Si](C)(C)c1ccccc1. The highest BCUT2D eigenvalue weighted by Crippen LogP contribution is 2.53. The van der Waals surface area contributed by atoms with E-state index in [1.165, 1.54) is 11.6 Å². The van der Waals surface area contributed by atoms with Crippen LogP contribution < -0.4 is 5.19 Å². The highest BCUT2D eigenvalue weighted by molar-refractivity contribution is 6.91. The Morgan fingerprint density at radius 2 is 1.83 bits per heavy atom. The summed E-state index contributed by atoms with van der Waals surface area (Å²) in [6.07, 6.45) is 1.36. The second-order valence-corrected chi connectivity index (χ2v) is 11.3. The van der Waals surface area contributed by atoms with Gasteiger partial charge in [-0.1, -0.05) is 62.5 Å². The van der Waals surface area contributed by atoms with Crippen molar-refractivity contribution in [2.75, 3.05) is 6.61 Å². The molecule has 1 nitrogen and oxygen atoms in total. The van der Waals surface area contributed by atoms with Gasteiger partial charge in [0.1, 0.15) is 0 Å². The van der Waals surface area contributed by atoms with E-state index < -0.39 is 8.07 Å². The third-order valence-electron chi connectivity index (χ3n) is 4.89. The van der Waals surface area contributed by atoms with Crippen LogP contribution in [0.25, 0.3) is 0 Å². The summed E-state index contributed by atoms with van der Waals surface area (Å²) in [6.45, 7) is 9.87. The summed E-state index contributed by atoms with van der Waals surface area (Å²) in [5.74, 6) is 2.13. The lowest BCUT2D eigenvalue weighted by Crippen LogP contribution is -2.49. The van der Waals surface area contributed by atoms with Gasteiger partial charge in [-0.15, -0.1) is 0 Å². The standard InChI is InChI=1S/C16H26OSi/c1-12-10-15(12)16(13(2)11-17)18(3,4)14-8-6-5-7-9-14/h5-9,12-13,15-17H,10-11H2,1-4H3/t12-,13+,15-,16+/m1/s1. The lowest BCUT2D eigenvalue weighted by Gasteiger charge is -2.37. The smallest absolute Gasteiger partial charge is 0.0843 e. The predicted octanol–water partition coefficient (Wildman–Crippen LogP) is 3.26. The molecule has 0 heterocycles. The van der Waals surface area contributed by atoms with E-state index in [1.54, 1.807) is 0 Å². The van der Waals surface area contributed by atoms with Crippen molar-refractivity contribution in [3.05, 3.63) is 30.3 Å². The monoisotopic (exact) mass is 262 g/mol.